The predicted octanol–water partition coefficient (Wildman–Crippen LogP) is 1.19. The van der Waals surface area contributed by atoms with Gasteiger partial charge in [-0.3, -0.25) is 9.59 Å². The lowest BCUT2D eigenvalue weighted by molar-refractivity contribution is -0.146. The van der Waals surface area contributed by atoms with Crippen LogP contribution >= 0.6 is 11.8 Å². The van der Waals surface area contributed by atoms with Gasteiger partial charge in [0.15, 0.2) is 0 Å². The van der Waals surface area contributed by atoms with Crippen molar-refractivity contribution in [2.45, 2.75) is 24.6 Å². The van der Waals surface area contributed by atoms with Crippen LogP contribution in [0, 0.1) is 0 Å². The summed E-state index contributed by atoms with van der Waals surface area (Å²) in [5.74, 6) is 0.0571. The summed E-state index contributed by atoms with van der Waals surface area (Å²) in [5, 5.41) is 4.82. The molecule has 0 radical (unpaired) electrons. The topological polar surface area (TPSA) is 93.7 Å². The van der Waals surface area contributed by atoms with Crippen molar-refractivity contribution in [1.82, 2.24) is 5.32 Å². The van der Waals surface area contributed by atoms with Gasteiger partial charge < -0.3 is 20.1 Å². The zero-order valence-corrected chi connectivity index (χ0v) is 14.4. The molecule has 2 atom stereocenters. The van der Waals surface area contributed by atoms with Crippen LogP contribution in [0.1, 0.15) is 13.3 Å². The van der Waals surface area contributed by atoms with E-state index >= 15 is 0 Å². The molecule has 1 saturated heterocycles. The van der Waals surface area contributed by atoms with Gasteiger partial charge in [0.2, 0.25) is 11.8 Å². The molecule has 0 unspecified atom stereocenters. The molecule has 1 aliphatic heterocycles. The minimum Gasteiger partial charge on any atom is -0.497 e. The first-order chi connectivity index (χ1) is 11.5. The first kappa shape index (κ1) is 18.1. The van der Waals surface area contributed by atoms with Crippen LogP contribution < -0.4 is 15.4 Å². The van der Waals surface area contributed by atoms with Gasteiger partial charge in [-0.25, -0.2) is 4.79 Å². The monoisotopic (exact) mass is 352 g/mol. The SMILES string of the molecule is CCOC(=O)[C@@H]1CS[C@H](CC(=O)Nc2ccc(OC)cc2)C(=O)N1. The first-order valence-electron chi connectivity index (χ1n) is 7.56. The standard InChI is InChI=1S/C16H20N2O5S/c1-3-23-16(21)12-9-24-13(15(20)18-12)8-14(19)17-10-4-6-11(22-2)7-5-10/h4-7,12-13H,3,8-9H2,1-2H3,(H,17,19)(H,18,20)/t12-,13+/m0/s1. The van der Waals surface area contributed by atoms with E-state index in [0.717, 1.165) is 0 Å². The lowest BCUT2D eigenvalue weighted by atomic mass is 10.2. The summed E-state index contributed by atoms with van der Waals surface area (Å²) in [5.41, 5.74) is 0.631. The van der Waals surface area contributed by atoms with E-state index in [2.05, 4.69) is 10.6 Å². The molecule has 7 nitrogen and oxygen atoms in total. The molecule has 1 aromatic rings. The maximum atomic E-state index is 12.1. The third-order valence-corrected chi connectivity index (χ3v) is 4.70. The summed E-state index contributed by atoms with van der Waals surface area (Å²) in [4.78, 5) is 35.7. The number of nitrogens with one attached hydrogen (secondary N) is 2. The molecule has 1 aliphatic rings. The van der Waals surface area contributed by atoms with Gasteiger partial charge in [0, 0.05) is 17.9 Å². The molecule has 1 fully saturated rings. The molecule has 0 spiro atoms. The van der Waals surface area contributed by atoms with Crippen LogP contribution in [0.25, 0.3) is 0 Å². The van der Waals surface area contributed by atoms with Crippen molar-refractivity contribution in [3.63, 3.8) is 0 Å². The van der Waals surface area contributed by atoms with Crippen LogP contribution in [0.3, 0.4) is 0 Å². The van der Waals surface area contributed by atoms with E-state index in [9.17, 15) is 14.4 Å². The lowest BCUT2D eigenvalue weighted by Crippen LogP contribution is -2.51. The smallest absolute Gasteiger partial charge is 0.329 e. The van der Waals surface area contributed by atoms with Crippen molar-refractivity contribution in [3.8, 4) is 5.75 Å². The molecule has 2 amide bonds. The number of rotatable bonds is 6. The second kappa shape index (κ2) is 8.58. The fraction of sp³-hybridized carbons (Fsp3) is 0.438. The van der Waals surface area contributed by atoms with Crippen LogP contribution in [0.15, 0.2) is 24.3 Å². The Bertz CT molecular complexity index is 605. The molecular weight excluding hydrogens is 332 g/mol. The number of methoxy groups -OCH3 is 1. The summed E-state index contributed by atoms with van der Waals surface area (Å²) < 4.78 is 9.94. The van der Waals surface area contributed by atoms with E-state index in [-0.39, 0.29) is 24.8 Å². The van der Waals surface area contributed by atoms with Gasteiger partial charge in [0.25, 0.3) is 0 Å². The van der Waals surface area contributed by atoms with Gasteiger partial charge in [0.05, 0.1) is 19.0 Å². The van der Waals surface area contributed by atoms with Gasteiger partial charge in [-0.05, 0) is 31.2 Å². The zero-order valence-electron chi connectivity index (χ0n) is 13.5. The highest BCUT2D eigenvalue weighted by Crippen LogP contribution is 2.22. The molecule has 0 aliphatic carbocycles. The van der Waals surface area contributed by atoms with Crippen LogP contribution in [0.2, 0.25) is 0 Å². The number of ether oxygens (including phenoxy) is 2. The molecule has 0 aromatic heterocycles. The van der Waals surface area contributed by atoms with Gasteiger partial charge >= 0.3 is 5.97 Å². The minimum absolute atomic E-state index is 0.0398. The molecule has 130 valence electrons. The van der Waals surface area contributed by atoms with Crippen LogP contribution in [0.5, 0.6) is 5.75 Å². The summed E-state index contributed by atoms with van der Waals surface area (Å²) in [6.07, 6.45) is 0.0398. The number of carbonyl (C=O) groups is 3. The maximum Gasteiger partial charge on any atom is 0.329 e. The van der Waals surface area contributed by atoms with E-state index in [0.29, 0.717) is 17.2 Å². The normalized spacial score (nSPS) is 20.0. The van der Waals surface area contributed by atoms with E-state index in [4.69, 9.17) is 9.47 Å². The third-order valence-electron chi connectivity index (χ3n) is 3.39. The van der Waals surface area contributed by atoms with Gasteiger partial charge in [-0.2, -0.15) is 0 Å². The summed E-state index contributed by atoms with van der Waals surface area (Å²) in [6, 6.07) is 6.27. The van der Waals surface area contributed by atoms with Crippen molar-refractivity contribution in [2.75, 3.05) is 24.8 Å². The fourth-order valence-electron chi connectivity index (χ4n) is 2.17. The third kappa shape index (κ3) is 4.89. The molecule has 2 rings (SSSR count). The van der Waals surface area contributed by atoms with E-state index < -0.39 is 17.3 Å². The fourth-order valence-corrected chi connectivity index (χ4v) is 3.30. The van der Waals surface area contributed by atoms with Crippen molar-refractivity contribution in [2.24, 2.45) is 0 Å². The number of amides is 2. The molecule has 1 aromatic carbocycles. The van der Waals surface area contributed by atoms with E-state index in [1.165, 1.54) is 11.8 Å². The highest BCUT2D eigenvalue weighted by Gasteiger charge is 2.34. The summed E-state index contributed by atoms with van der Waals surface area (Å²) in [6.45, 7) is 1.98. The van der Waals surface area contributed by atoms with Crippen molar-refractivity contribution < 1.29 is 23.9 Å². The first-order valence-corrected chi connectivity index (χ1v) is 8.61. The largest absolute Gasteiger partial charge is 0.497 e. The highest BCUT2D eigenvalue weighted by molar-refractivity contribution is 8.00. The van der Waals surface area contributed by atoms with Crippen LogP contribution in [0.4, 0.5) is 5.69 Å². The van der Waals surface area contributed by atoms with Gasteiger partial charge in [-0.15, -0.1) is 11.8 Å². The Labute approximate surface area is 144 Å². The Morgan fingerprint density at radius 1 is 1.33 bits per heavy atom. The number of hydrogen-bond acceptors (Lipinski definition) is 6. The average molecular weight is 352 g/mol. The number of hydrogen-bond donors (Lipinski definition) is 2. The maximum absolute atomic E-state index is 12.1. The quantitative estimate of drug-likeness (QED) is 0.747. The van der Waals surface area contributed by atoms with Gasteiger partial charge in [0.1, 0.15) is 11.8 Å². The number of benzene rings is 1. The van der Waals surface area contributed by atoms with Gasteiger partial charge in [-0.1, -0.05) is 0 Å². The lowest BCUT2D eigenvalue weighted by Gasteiger charge is -2.27. The molecule has 2 N–H and O–H groups in total. The zero-order chi connectivity index (χ0) is 17.5. The number of esters is 1. The van der Waals surface area contributed by atoms with Crippen molar-refractivity contribution in [1.29, 1.82) is 0 Å². The Balaban J connectivity index is 1.84. The Kier molecular flexibility index (Phi) is 6.48. The minimum atomic E-state index is -0.650. The van der Waals surface area contributed by atoms with Crippen LogP contribution in [-0.4, -0.2) is 48.5 Å². The number of anilines is 1. The van der Waals surface area contributed by atoms with E-state index in [1.807, 2.05) is 0 Å². The predicted molar refractivity (Wildman–Crippen MR) is 91.1 cm³/mol. The molecule has 1 heterocycles. The second-order valence-electron chi connectivity index (χ2n) is 5.12. The molecule has 8 heteroatoms. The van der Waals surface area contributed by atoms with Crippen molar-refractivity contribution in [3.05, 3.63) is 24.3 Å². The molecule has 0 bridgehead atoms. The van der Waals surface area contributed by atoms with Crippen LogP contribution in [-0.2, 0) is 19.1 Å². The second-order valence-corrected chi connectivity index (χ2v) is 6.35. The molecular formula is C16H20N2O5S. The van der Waals surface area contributed by atoms with Crippen molar-refractivity contribution >= 4 is 35.2 Å². The Morgan fingerprint density at radius 2 is 2.04 bits per heavy atom. The number of carbonyl (C=O) groups excluding carboxylic acids is 3. The summed E-state index contributed by atoms with van der Waals surface area (Å²) in [7, 11) is 1.57. The van der Waals surface area contributed by atoms with E-state index in [1.54, 1.807) is 38.3 Å². The molecule has 0 saturated carbocycles. The summed E-state index contributed by atoms with van der Waals surface area (Å²) >= 11 is 1.28. The Morgan fingerprint density at radius 3 is 2.62 bits per heavy atom. The Hall–Kier alpha value is -2.22. The highest BCUT2D eigenvalue weighted by atomic mass is 32.2. The number of thioether (sulfide) groups is 1. The average Bonchev–Trinajstić information content (AvgIpc) is 2.57. The molecule has 24 heavy (non-hydrogen) atoms.